The second-order valence-electron chi connectivity index (χ2n) is 11.5. The number of carbonyl (C=O) groups excluding carboxylic acids is 1. The largest absolute Gasteiger partial charge is 0.469 e. The maximum Gasteiger partial charge on any atom is 0.469 e. The van der Waals surface area contributed by atoms with Crippen molar-refractivity contribution in [3.8, 4) is 0 Å². The van der Waals surface area contributed by atoms with Crippen molar-refractivity contribution >= 4 is 37.1 Å². The number of hydrogen-bond donors (Lipinski definition) is 2. The molecule has 1 amide bonds. The van der Waals surface area contributed by atoms with Gasteiger partial charge in [-0.05, 0) is 92.3 Å². The molecular formula is C24H40Cl2NO6P. The first-order valence-electron chi connectivity index (χ1n) is 12.8. The van der Waals surface area contributed by atoms with E-state index in [0.29, 0.717) is 48.5 Å². The van der Waals surface area contributed by atoms with Crippen LogP contribution in [0, 0.1) is 34.5 Å². The summed E-state index contributed by atoms with van der Waals surface area (Å²) in [4.78, 5) is 33.1. The molecule has 4 rings (SSSR count). The summed E-state index contributed by atoms with van der Waals surface area (Å²) >= 11 is 11.7. The number of rotatable bonds is 7. The van der Waals surface area contributed by atoms with Gasteiger partial charge in [0.05, 0.1) is 6.10 Å². The minimum Gasteiger partial charge on any atom is -0.446 e. The zero-order valence-electron chi connectivity index (χ0n) is 20.3. The highest BCUT2D eigenvalue weighted by Crippen LogP contribution is 2.67. The summed E-state index contributed by atoms with van der Waals surface area (Å²) in [5.41, 5.74) is 0.0633. The molecule has 10 heteroatoms. The van der Waals surface area contributed by atoms with Crippen LogP contribution in [0.3, 0.4) is 0 Å². The fourth-order valence-corrected chi connectivity index (χ4v) is 9.42. The van der Waals surface area contributed by atoms with Gasteiger partial charge >= 0.3 is 13.9 Å². The Kier molecular flexibility index (Phi) is 8.24. The number of nitrogens with zero attached hydrogens (tertiary/aromatic N) is 1. The van der Waals surface area contributed by atoms with Crippen LogP contribution in [0.25, 0.3) is 0 Å². The normalized spacial score (nSPS) is 41.8. The van der Waals surface area contributed by atoms with Crippen LogP contribution in [0.5, 0.6) is 0 Å². The van der Waals surface area contributed by atoms with Crippen LogP contribution in [0.4, 0.5) is 4.79 Å². The molecule has 0 bridgehead atoms. The number of phosphoric acid groups is 1. The molecule has 0 aliphatic heterocycles. The average Bonchev–Trinajstić information content (AvgIpc) is 3.08. The Labute approximate surface area is 213 Å². The topological polar surface area (TPSA) is 96.3 Å². The van der Waals surface area contributed by atoms with Gasteiger partial charge in [-0.3, -0.25) is 4.52 Å². The zero-order valence-corrected chi connectivity index (χ0v) is 22.7. The molecule has 0 aromatic carbocycles. The molecule has 34 heavy (non-hydrogen) atoms. The second-order valence-corrected chi connectivity index (χ2v) is 13.5. The van der Waals surface area contributed by atoms with Crippen molar-refractivity contribution in [1.82, 2.24) is 4.90 Å². The summed E-state index contributed by atoms with van der Waals surface area (Å²) in [5.74, 6) is 2.89. The van der Waals surface area contributed by atoms with E-state index in [4.69, 9.17) is 32.5 Å². The number of amides is 1. The molecule has 0 unspecified atom stereocenters. The molecule has 196 valence electrons. The van der Waals surface area contributed by atoms with Crippen LogP contribution < -0.4 is 0 Å². The first-order chi connectivity index (χ1) is 16.0. The van der Waals surface area contributed by atoms with E-state index in [2.05, 4.69) is 13.8 Å². The number of phosphoric ester groups is 1. The molecule has 7 nitrogen and oxygen atoms in total. The summed E-state index contributed by atoms with van der Waals surface area (Å²) in [5, 5.41) is 0. The summed E-state index contributed by atoms with van der Waals surface area (Å²) in [7, 11) is -4.49. The van der Waals surface area contributed by atoms with Crippen molar-refractivity contribution in [1.29, 1.82) is 0 Å². The van der Waals surface area contributed by atoms with Crippen LogP contribution in [0.15, 0.2) is 0 Å². The Hall–Kier alpha value is -0.0400. The number of carbonyl (C=O) groups is 1. The van der Waals surface area contributed by atoms with Gasteiger partial charge in [-0.1, -0.05) is 13.8 Å². The van der Waals surface area contributed by atoms with E-state index in [-0.39, 0.29) is 29.1 Å². The highest BCUT2D eigenvalue weighted by molar-refractivity contribution is 7.46. The molecule has 0 spiro atoms. The number of halogens is 2. The zero-order chi connectivity index (χ0) is 24.7. The first-order valence-corrected chi connectivity index (χ1v) is 15.4. The van der Waals surface area contributed by atoms with Gasteiger partial charge < -0.3 is 19.4 Å². The highest BCUT2D eigenvalue weighted by atomic mass is 35.5. The van der Waals surface area contributed by atoms with E-state index >= 15 is 0 Å². The Bertz CT molecular complexity index is 791. The smallest absolute Gasteiger partial charge is 0.446 e. The Morgan fingerprint density at radius 1 is 0.971 bits per heavy atom. The van der Waals surface area contributed by atoms with Crippen LogP contribution >= 0.6 is 31.0 Å². The lowest BCUT2D eigenvalue weighted by molar-refractivity contribution is -0.134. The standard InChI is InChI=1S/C24H40Cl2NO6P/c1-23-9-7-17(32-22(28)27(13-11-25)14-12-26)15-16(23)3-4-18-19-5-6-21(33-34(29,30)31)24(19,2)10-8-20(18)23/h16-21H,3-15H2,1-2H3,(H2,29,30,31)/t16-,17-,18+,19+,20+,21+,23+,24+/m1/s1. The van der Waals surface area contributed by atoms with Gasteiger partial charge in [0.2, 0.25) is 0 Å². The fraction of sp³-hybridized carbons (Fsp3) is 0.958. The molecule has 0 saturated heterocycles. The first kappa shape index (κ1) is 27.0. The SMILES string of the molecule is C[C@]12CC[C@@H](OC(=O)N(CCCl)CCCl)C[C@H]1CC[C@@H]1[C@@H]2CC[C@]2(C)[C@@H](OP(=O)(O)O)CC[C@@H]12. The lowest BCUT2D eigenvalue weighted by Crippen LogP contribution is -2.55. The summed E-state index contributed by atoms with van der Waals surface area (Å²) in [6.45, 7) is 5.52. The van der Waals surface area contributed by atoms with Crippen molar-refractivity contribution in [3.05, 3.63) is 0 Å². The summed E-state index contributed by atoms with van der Waals surface area (Å²) < 4.78 is 22.8. The molecule has 2 N–H and O–H groups in total. The Morgan fingerprint density at radius 3 is 2.26 bits per heavy atom. The second kappa shape index (κ2) is 10.4. The van der Waals surface area contributed by atoms with E-state index in [1.807, 2.05) is 0 Å². The maximum atomic E-state index is 12.7. The molecule has 4 aliphatic rings. The van der Waals surface area contributed by atoms with Crippen molar-refractivity contribution in [2.75, 3.05) is 24.8 Å². The summed E-state index contributed by atoms with van der Waals surface area (Å²) in [6.07, 6.45) is 8.12. The molecule has 0 aromatic heterocycles. The van der Waals surface area contributed by atoms with Crippen LogP contribution in [0.2, 0.25) is 0 Å². The van der Waals surface area contributed by atoms with Gasteiger partial charge in [-0.25, -0.2) is 9.36 Å². The monoisotopic (exact) mass is 539 g/mol. The number of hydrogen-bond acceptors (Lipinski definition) is 4. The van der Waals surface area contributed by atoms with Gasteiger partial charge in [0, 0.05) is 24.8 Å². The highest BCUT2D eigenvalue weighted by Gasteiger charge is 2.61. The number of alkyl halides is 2. The molecule has 4 aliphatic carbocycles. The molecule has 0 radical (unpaired) electrons. The third-order valence-electron chi connectivity index (χ3n) is 10.0. The molecule has 4 fully saturated rings. The Morgan fingerprint density at radius 2 is 1.62 bits per heavy atom. The molecular weight excluding hydrogens is 500 g/mol. The average molecular weight is 540 g/mol. The number of fused-ring (bicyclic) bond motifs is 5. The van der Waals surface area contributed by atoms with Gasteiger partial charge in [-0.2, -0.15) is 0 Å². The lowest BCUT2D eigenvalue weighted by atomic mass is 9.45. The third kappa shape index (κ3) is 5.17. The van der Waals surface area contributed by atoms with Crippen LogP contribution in [-0.2, 0) is 13.8 Å². The van der Waals surface area contributed by atoms with E-state index in [9.17, 15) is 19.1 Å². The molecule has 0 aromatic rings. The van der Waals surface area contributed by atoms with E-state index < -0.39 is 7.82 Å². The van der Waals surface area contributed by atoms with Crippen molar-refractivity contribution in [2.24, 2.45) is 34.5 Å². The predicted molar refractivity (Wildman–Crippen MR) is 132 cm³/mol. The van der Waals surface area contributed by atoms with Gasteiger partial charge in [0.15, 0.2) is 0 Å². The lowest BCUT2D eigenvalue weighted by Gasteiger charge is -2.60. The molecule has 0 heterocycles. The van der Waals surface area contributed by atoms with Gasteiger partial charge in [0.1, 0.15) is 6.10 Å². The predicted octanol–water partition coefficient (Wildman–Crippen LogP) is 5.79. The van der Waals surface area contributed by atoms with Crippen molar-refractivity contribution < 1.29 is 28.4 Å². The molecule has 4 saturated carbocycles. The third-order valence-corrected chi connectivity index (χ3v) is 10.9. The van der Waals surface area contributed by atoms with Crippen molar-refractivity contribution in [3.63, 3.8) is 0 Å². The van der Waals surface area contributed by atoms with E-state index in [1.54, 1.807) is 4.90 Å². The van der Waals surface area contributed by atoms with E-state index in [0.717, 1.165) is 57.8 Å². The maximum absolute atomic E-state index is 12.7. The quantitative estimate of drug-likeness (QED) is 0.314. The Balaban J connectivity index is 1.41. The van der Waals surface area contributed by atoms with Crippen LogP contribution in [-0.4, -0.2) is 57.8 Å². The van der Waals surface area contributed by atoms with Gasteiger partial charge in [0.25, 0.3) is 0 Å². The number of ether oxygens (including phenoxy) is 1. The molecule has 8 atom stereocenters. The van der Waals surface area contributed by atoms with Crippen LogP contribution in [0.1, 0.15) is 71.6 Å². The summed E-state index contributed by atoms with van der Waals surface area (Å²) in [6, 6.07) is 0. The van der Waals surface area contributed by atoms with E-state index in [1.165, 1.54) is 0 Å². The minimum atomic E-state index is -4.49. The van der Waals surface area contributed by atoms with Gasteiger partial charge in [-0.15, -0.1) is 23.2 Å². The fourth-order valence-electron chi connectivity index (χ4n) is 8.33. The minimum absolute atomic E-state index is 0.0587. The van der Waals surface area contributed by atoms with Crippen molar-refractivity contribution in [2.45, 2.75) is 83.8 Å².